The topological polar surface area (TPSA) is 57.7 Å². The molecule has 1 heterocycles. The van der Waals surface area contributed by atoms with Crippen molar-refractivity contribution in [3.63, 3.8) is 0 Å². The van der Waals surface area contributed by atoms with Gasteiger partial charge in [-0.25, -0.2) is 8.42 Å². The predicted octanol–water partition coefficient (Wildman–Crippen LogP) is 5.31. The van der Waals surface area contributed by atoms with Crippen molar-refractivity contribution in [1.29, 1.82) is 0 Å². The minimum absolute atomic E-state index is 0.0177. The van der Waals surface area contributed by atoms with Crippen LogP contribution in [-0.4, -0.2) is 33.7 Å². The molecule has 31 heavy (non-hydrogen) atoms. The molecule has 0 bridgehead atoms. The molecule has 1 amide bonds. The van der Waals surface area contributed by atoms with Gasteiger partial charge in [-0.2, -0.15) is 0 Å². The molecule has 0 N–H and O–H groups in total. The highest BCUT2D eigenvalue weighted by Gasteiger charge is 2.27. The van der Waals surface area contributed by atoms with Crippen molar-refractivity contribution in [2.75, 3.05) is 28.6 Å². The summed E-state index contributed by atoms with van der Waals surface area (Å²) in [6.45, 7) is 0.542. The average Bonchev–Trinajstić information content (AvgIpc) is 3.01. The third-order valence-electron chi connectivity index (χ3n) is 5.13. The van der Waals surface area contributed by atoms with E-state index in [2.05, 4.69) is 0 Å². The molecule has 0 atom stereocenters. The van der Waals surface area contributed by atoms with Crippen molar-refractivity contribution in [3.05, 3.63) is 83.4 Å². The van der Waals surface area contributed by atoms with Crippen molar-refractivity contribution in [2.45, 2.75) is 16.2 Å². The van der Waals surface area contributed by atoms with Crippen LogP contribution in [0.4, 0.5) is 11.4 Å². The number of thioether (sulfide) groups is 1. The van der Waals surface area contributed by atoms with Gasteiger partial charge in [0.1, 0.15) is 0 Å². The number of amides is 1. The quantitative estimate of drug-likeness (QED) is 0.516. The van der Waals surface area contributed by atoms with Crippen LogP contribution in [0.5, 0.6) is 0 Å². The van der Waals surface area contributed by atoms with Gasteiger partial charge in [0.15, 0.2) is 0 Å². The zero-order chi connectivity index (χ0) is 22.0. The molecule has 0 aliphatic carbocycles. The minimum Gasteiger partial charge on any atom is -0.307 e. The third-order valence-corrected chi connectivity index (χ3v) is 8.39. The number of fused-ring (bicyclic) bond motifs is 1. The van der Waals surface area contributed by atoms with Crippen LogP contribution in [0.25, 0.3) is 0 Å². The Bertz CT molecular complexity index is 1220. The second kappa shape index (κ2) is 8.94. The van der Waals surface area contributed by atoms with Crippen molar-refractivity contribution in [1.82, 2.24) is 0 Å². The predicted molar refractivity (Wildman–Crippen MR) is 127 cm³/mol. The molecule has 0 fully saturated rings. The molecule has 3 aromatic rings. The molecule has 0 saturated carbocycles. The largest absolute Gasteiger partial charge is 0.307 e. The molecule has 0 saturated heterocycles. The molecule has 160 valence electrons. The number of benzene rings is 3. The number of hydrogen-bond donors (Lipinski definition) is 0. The lowest BCUT2D eigenvalue weighted by molar-refractivity contribution is 0.0986. The van der Waals surface area contributed by atoms with Crippen LogP contribution in [0.3, 0.4) is 0 Å². The molecule has 1 aliphatic heterocycles. The fourth-order valence-electron chi connectivity index (χ4n) is 3.45. The summed E-state index contributed by atoms with van der Waals surface area (Å²) in [5.74, 6) is 0.601. The second-order valence-electron chi connectivity index (χ2n) is 7.08. The highest BCUT2D eigenvalue weighted by Crippen LogP contribution is 2.35. The molecular formula is C23H21ClN2O3S2. The van der Waals surface area contributed by atoms with Gasteiger partial charge in [0.05, 0.1) is 26.9 Å². The van der Waals surface area contributed by atoms with Gasteiger partial charge < -0.3 is 4.90 Å². The Hall–Kier alpha value is -2.48. The molecule has 8 heteroatoms. The number of sulfonamides is 1. The number of para-hydroxylation sites is 2. The van der Waals surface area contributed by atoms with Gasteiger partial charge in [0.2, 0.25) is 0 Å². The number of halogens is 1. The number of rotatable bonds is 4. The summed E-state index contributed by atoms with van der Waals surface area (Å²) in [7, 11) is -2.37. The van der Waals surface area contributed by atoms with Gasteiger partial charge in [0, 0.05) is 18.5 Å². The number of anilines is 2. The number of nitrogens with zero attached hydrogens (tertiary/aromatic N) is 2. The molecule has 3 aromatic carbocycles. The van der Waals surface area contributed by atoms with E-state index in [-0.39, 0.29) is 21.4 Å². The smallest absolute Gasteiger partial charge is 0.264 e. The van der Waals surface area contributed by atoms with E-state index in [0.717, 1.165) is 22.8 Å². The first-order chi connectivity index (χ1) is 14.9. The van der Waals surface area contributed by atoms with Crippen molar-refractivity contribution < 1.29 is 13.2 Å². The molecule has 0 aromatic heterocycles. The number of carbonyl (C=O) groups excluding carboxylic acids is 1. The molecular weight excluding hydrogens is 452 g/mol. The summed E-state index contributed by atoms with van der Waals surface area (Å²) >= 11 is 8.07. The Morgan fingerprint density at radius 1 is 1.03 bits per heavy atom. The first kappa shape index (κ1) is 21.7. The van der Waals surface area contributed by atoms with E-state index in [0.29, 0.717) is 12.2 Å². The lowest BCUT2D eigenvalue weighted by Crippen LogP contribution is -2.32. The Morgan fingerprint density at radius 2 is 1.74 bits per heavy atom. The van der Waals surface area contributed by atoms with Crippen molar-refractivity contribution in [2.24, 2.45) is 0 Å². The number of carbonyl (C=O) groups is 1. The molecule has 0 spiro atoms. The van der Waals surface area contributed by atoms with Gasteiger partial charge in [-0.3, -0.25) is 9.10 Å². The maximum Gasteiger partial charge on any atom is 0.264 e. The molecule has 1 aliphatic rings. The summed E-state index contributed by atoms with van der Waals surface area (Å²) < 4.78 is 27.6. The first-order valence-electron chi connectivity index (χ1n) is 9.77. The van der Waals surface area contributed by atoms with Gasteiger partial charge in [0.25, 0.3) is 15.9 Å². The molecule has 5 nitrogen and oxygen atoms in total. The zero-order valence-electron chi connectivity index (χ0n) is 16.9. The summed E-state index contributed by atoms with van der Waals surface area (Å²) in [5.41, 5.74) is 1.52. The van der Waals surface area contributed by atoms with E-state index in [9.17, 15) is 13.2 Å². The summed E-state index contributed by atoms with van der Waals surface area (Å²) in [4.78, 5) is 16.2. The standard InChI is InChI=1S/C23H21ClN2O3S2/c1-25(17-8-3-2-4-9-17)31(28,29)18-12-13-20(24)19(16-18)23(27)26-14-7-15-30-22-11-6-5-10-21(22)26/h2-6,8-13,16H,7,14-15H2,1H3. The lowest BCUT2D eigenvalue weighted by atomic mass is 10.1. The Balaban J connectivity index is 1.73. The van der Waals surface area contributed by atoms with Crippen LogP contribution in [0.2, 0.25) is 5.02 Å². The van der Waals surface area contributed by atoms with Crippen LogP contribution < -0.4 is 9.21 Å². The van der Waals surface area contributed by atoms with Crippen LogP contribution >= 0.6 is 23.4 Å². The van der Waals surface area contributed by atoms with E-state index in [1.54, 1.807) is 40.9 Å². The summed E-state index contributed by atoms with van der Waals surface area (Å²) in [5, 5.41) is 0.223. The maximum atomic E-state index is 13.5. The Labute approximate surface area is 191 Å². The van der Waals surface area contributed by atoms with E-state index >= 15 is 0 Å². The van der Waals surface area contributed by atoms with E-state index < -0.39 is 10.0 Å². The molecule has 0 radical (unpaired) electrons. The number of hydrogen-bond acceptors (Lipinski definition) is 4. The van der Waals surface area contributed by atoms with Gasteiger partial charge in [-0.15, -0.1) is 11.8 Å². The highest BCUT2D eigenvalue weighted by atomic mass is 35.5. The fourth-order valence-corrected chi connectivity index (χ4v) is 5.86. The third kappa shape index (κ3) is 4.31. The van der Waals surface area contributed by atoms with Crippen molar-refractivity contribution in [3.8, 4) is 0 Å². The molecule has 4 rings (SSSR count). The fraction of sp³-hybridized carbons (Fsp3) is 0.174. The van der Waals surface area contributed by atoms with Crippen molar-refractivity contribution >= 4 is 50.7 Å². The average molecular weight is 473 g/mol. The highest BCUT2D eigenvalue weighted by molar-refractivity contribution is 7.99. The second-order valence-corrected chi connectivity index (χ2v) is 10.6. The Morgan fingerprint density at radius 3 is 2.52 bits per heavy atom. The van der Waals surface area contributed by atoms with Crippen LogP contribution in [0.1, 0.15) is 16.8 Å². The van der Waals surface area contributed by atoms with E-state index in [1.807, 2.05) is 30.3 Å². The van der Waals surface area contributed by atoms with E-state index in [4.69, 9.17) is 11.6 Å². The lowest BCUT2D eigenvalue weighted by Gasteiger charge is -2.24. The summed E-state index contributed by atoms with van der Waals surface area (Å²) in [6, 6.07) is 20.8. The van der Waals surface area contributed by atoms with Crippen LogP contribution in [-0.2, 0) is 10.0 Å². The van der Waals surface area contributed by atoms with E-state index in [1.165, 1.54) is 29.6 Å². The van der Waals surface area contributed by atoms with Gasteiger partial charge in [-0.1, -0.05) is 41.9 Å². The minimum atomic E-state index is -3.86. The van der Waals surface area contributed by atoms with Crippen LogP contribution in [0.15, 0.2) is 82.6 Å². The Kier molecular flexibility index (Phi) is 6.27. The van der Waals surface area contributed by atoms with Crippen LogP contribution in [0, 0.1) is 0 Å². The SMILES string of the molecule is CN(c1ccccc1)S(=O)(=O)c1ccc(Cl)c(C(=O)N2CCCSc3ccccc32)c1. The normalized spacial score (nSPS) is 13.9. The van der Waals surface area contributed by atoms with Gasteiger partial charge in [-0.05, 0) is 54.6 Å². The summed E-state index contributed by atoms with van der Waals surface area (Å²) in [6.07, 6.45) is 0.831. The molecule has 0 unspecified atom stereocenters. The van der Waals surface area contributed by atoms with Gasteiger partial charge >= 0.3 is 0 Å². The first-order valence-corrected chi connectivity index (χ1v) is 12.6. The maximum absolute atomic E-state index is 13.5. The zero-order valence-corrected chi connectivity index (χ0v) is 19.3. The monoisotopic (exact) mass is 472 g/mol.